The van der Waals surface area contributed by atoms with Crippen LogP contribution in [0.15, 0.2) is 64.7 Å². The Bertz CT molecular complexity index is 694. The van der Waals surface area contributed by atoms with Crippen molar-refractivity contribution in [2.75, 3.05) is 25.7 Å². The van der Waals surface area contributed by atoms with Gasteiger partial charge in [-0.05, 0) is 24.3 Å². The van der Waals surface area contributed by atoms with Crippen molar-refractivity contribution in [1.82, 2.24) is 0 Å². The summed E-state index contributed by atoms with van der Waals surface area (Å²) in [7, 11) is 3.48. The highest BCUT2D eigenvalue weighted by Gasteiger charge is 2.27. The summed E-state index contributed by atoms with van der Waals surface area (Å²) >= 11 is 0. The van der Waals surface area contributed by atoms with Crippen molar-refractivity contribution in [3.63, 3.8) is 0 Å². The number of para-hydroxylation sites is 1. The number of hydrazone groups is 1. The van der Waals surface area contributed by atoms with Gasteiger partial charge in [-0.25, -0.2) is 0 Å². The zero-order valence-corrected chi connectivity index (χ0v) is 12.8. The van der Waals surface area contributed by atoms with Crippen molar-refractivity contribution in [2.45, 2.75) is 0 Å². The zero-order chi connectivity index (χ0) is 15.4. The summed E-state index contributed by atoms with van der Waals surface area (Å²) in [5.74, 6) is 1.02. The van der Waals surface area contributed by atoms with Crippen molar-refractivity contribution in [3.05, 3.63) is 60.2 Å². The van der Waals surface area contributed by atoms with E-state index in [2.05, 4.69) is 23.2 Å². The molecule has 0 bridgehead atoms. The van der Waals surface area contributed by atoms with E-state index in [1.807, 2.05) is 47.6 Å². The lowest BCUT2D eigenvalue weighted by molar-refractivity contribution is 0.414. The van der Waals surface area contributed by atoms with Crippen LogP contribution < -0.4 is 9.75 Å². The van der Waals surface area contributed by atoms with Gasteiger partial charge in [0, 0.05) is 18.8 Å². The first kappa shape index (κ1) is 14.3. The Balaban J connectivity index is 1.97. The van der Waals surface area contributed by atoms with Gasteiger partial charge in [-0.3, -0.25) is 5.01 Å². The van der Waals surface area contributed by atoms with E-state index in [-0.39, 0.29) is 5.92 Å². The summed E-state index contributed by atoms with van der Waals surface area (Å²) in [5.41, 5.74) is 3.19. The predicted molar refractivity (Wildman–Crippen MR) is 91.2 cm³/mol. The first-order chi connectivity index (χ1) is 10.8. The van der Waals surface area contributed by atoms with E-state index in [1.54, 1.807) is 14.2 Å². The van der Waals surface area contributed by atoms with Crippen molar-refractivity contribution in [1.29, 1.82) is 0 Å². The normalized spacial score (nSPS) is 17.8. The molecule has 0 radical (unpaired) electrons. The second kappa shape index (κ2) is 6.43. The first-order valence-corrected chi connectivity index (χ1v) is 7.29. The monoisotopic (exact) mass is 293 g/mol. The minimum Gasteiger partial charge on any atom is -0.497 e. The van der Waals surface area contributed by atoms with Gasteiger partial charge in [-0.15, -0.1) is 0 Å². The molecule has 4 nitrogen and oxygen atoms in total. The maximum atomic E-state index is 5.32. The SMILES string of the molecule is CN=CC1CN(c2ccccc2)N=C1c1cccc(OC)c1. The van der Waals surface area contributed by atoms with Gasteiger partial charge in [0.2, 0.25) is 0 Å². The lowest BCUT2D eigenvalue weighted by Crippen LogP contribution is -2.20. The summed E-state index contributed by atoms with van der Waals surface area (Å²) < 4.78 is 5.32. The van der Waals surface area contributed by atoms with Gasteiger partial charge in [0.05, 0.1) is 31.0 Å². The number of benzene rings is 2. The molecular weight excluding hydrogens is 274 g/mol. The third-order valence-corrected chi connectivity index (χ3v) is 3.70. The molecule has 0 fully saturated rings. The average Bonchev–Trinajstić information content (AvgIpc) is 3.00. The highest BCUT2D eigenvalue weighted by Crippen LogP contribution is 2.25. The number of anilines is 1. The molecule has 112 valence electrons. The van der Waals surface area contributed by atoms with Crippen LogP contribution in [0.3, 0.4) is 0 Å². The number of ether oxygens (including phenoxy) is 1. The quantitative estimate of drug-likeness (QED) is 0.812. The molecule has 22 heavy (non-hydrogen) atoms. The molecule has 0 aliphatic carbocycles. The van der Waals surface area contributed by atoms with E-state index in [9.17, 15) is 0 Å². The molecule has 0 aromatic heterocycles. The van der Waals surface area contributed by atoms with Gasteiger partial charge in [0.1, 0.15) is 5.75 Å². The molecule has 0 saturated carbocycles. The fraction of sp³-hybridized carbons (Fsp3) is 0.222. The summed E-state index contributed by atoms with van der Waals surface area (Å²) in [6.07, 6.45) is 1.96. The van der Waals surface area contributed by atoms with E-state index < -0.39 is 0 Å². The molecule has 1 unspecified atom stereocenters. The molecule has 0 N–H and O–H groups in total. The van der Waals surface area contributed by atoms with Crippen LogP contribution in [0.5, 0.6) is 5.75 Å². The third kappa shape index (κ3) is 2.86. The lowest BCUT2D eigenvalue weighted by Gasteiger charge is -2.13. The third-order valence-electron chi connectivity index (χ3n) is 3.70. The Morgan fingerprint density at radius 2 is 2.00 bits per heavy atom. The van der Waals surface area contributed by atoms with Gasteiger partial charge in [0.15, 0.2) is 0 Å². The molecule has 1 aliphatic heterocycles. The average molecular weight is 293 g/mol. The van der Waals surface area contributed by atoms with Crippen LogP contribution in [0.4, 0.5) is 5.69 Å². The van der Waals surface area contributed by atoms with E-state index >= 15 is 0 Å². The molecular formula is C18H19N3O. The maximum absolute atomic E-state index is 5.32. The molecule has 1 atom stereocenters. The summed E-state index contributed by atoms with van der Waals surface area (Å²) in [4.78, 5) is 4.20. The Labute approximate surface area is 130 Å². The minimum atomic E-state index is 0.178. The second-order valence-corrected chi connectivity index (χ2v) is 5.15. The van der Waals surface area contributed by atoms with Crippen LogP contribution in [0, 0.1) is 5.92 Å². The number of methoxy groups -OCH3 is 1. The molecule has 0 amide bonds. The van der Waals surface area contributed by atoms with Gasteiger partial charge in [-0.1, -0.05) is 30.3 Å². The van der Waals surface area contributed by atoms with E-state index in [0.29, 0.717) is 0 Å². The molecule has 1 aliphatic rings. The molecule has 2 aromatic carbocycles. The number of nitrogens with zero attached hydrogens (tertiary/aromatic N) is 3. The van der Waals surface area contributed by atoms with Crippen LogP contribution in [0.25, 0.3) is 0 Å². The van der Waals surface area contributed by atoms with E-state index in [4.69, 9.17) is 9.84 Å². The van der Waals surface area contributed by atoms with E-state index in [0.717, 1.165) is 29.3 Å². The Morgan fingerprint density at radius 1 is 1.18 bits per heavy atom. The number of rotatable bonds is 4. The van der Waals surface area contributed by atoms with Crippen LogP contribution in [-0.2, 0) is 0 Å². The molecule has 1 heterocycles. The van der Waals surface area contributed by atoms with Gasteiger partial charge >= 0.3 is 0 Å². The topological polar surface area (TPSA) is 37.2 Å². The molecule has 0 spiro atoms. The maximum Gasteiger partial charge on any atom is 0.119 e. The van der Waals surface area contributed by atoms with Crippen LogP contribution in [-0.4, -0.2) is 32.6 Å². The second-order valence-electron chi connectivity index (χ2n) is 5.15. The lowest BCUT2D eigenvalue weighted by atomic mass is 9.98. The first-order valence-electron chi connectivity index (χ1n) is 7.29. The van der Waals surface area contributed by atoms with Crippen molar-refractivity contribution >= 4 is 17.6 Å². The molecule has 2 aromatic rings. The Kier molecular flexibility index (Phi) is 4.19. The number of hydrogen-bond donors (Lipinski definition) is 0. The van der Waals surface area contributed by atoms with Gasteiger partial charge in [-0.2, -0.15) is 5.10 Å². The van der Waals surface area contributed by atoms with Crippen LogP contribution in [0.1, 0.15) is 5.56 Å². The van der Waals surface area contributed by atoms with Crippen LogP contribution >= 0.6 is 0 Å². The van der Waals surface area contributed by atoms with Crippen LogP contribution in [0.2, 0.25) is 0 Å². The predicted octanol–water partition coefficient (Wildman–Crippen LogP) is 3.24. The highest BCUT2D eigenvalue weighted by molar-refractivity contribution is 6.12. The number of aliphatic imine (C=N–C) groups is 1. The van der Waals surface area contributed by atoms with Crippen molar-refractivity contribution in [3.8, 4) is 5.75 Å². The van der Waals surface area contributed by atoms with Crippen molar-refractivity contribution < 1.29 is 4.74 Å². The number of hydrogen-bond acceptors (Lipinski definition) is 4. The smallest absolute Gasteiger partial charge is 0.119 e. The standard InChI is InChI=1S/C18H19N3O/c1-19-12-15-13-21(16-8-4-3-5-9-16)20-18(15)14-7-6-10-17(11-14)22-2/h3-12,15H,13H2,1-2H3. The highest BCUT2D eigenvalue weighted by atomic mass is 16.5. The fourth-order valence-electron chi connectivity index (χ4n) is 2.63. The molecule has 4 heteroatoms. The van der Waals surface area contributed by atoms with Gasteiger partial charge in [0.25, 0.3) is 0 Å². The Morgan fingerprint density at radius 3 is 2.73 bits per heavy atom. The molecule has 3 rings (SSSR count). The summed E-state index contributed by atoms with van der Waals surface area (Å²) in [6.45, 7) is 0.800. The summed E-state index contributed by atoms with van der Waals surface area (Å²) in [6, 6.07) is 18.2. The largest absolute Gasteiger partial charge is 0.497 e. The van der Waals surface area contributed by atoms with Gasteiger partial charge < -0.3 is 9.73 Å². The minimum absolute atomic E-state index is 0.178. The molecule has 0 saturated heterocycles. The zero-order valence-electron chi connectivity index (χ0n) is 12.8. The Hall–Kier alpha value is -2.62. The van der Waals surface area contributed by atoms with E-state index in [1.165, 1.54) is 0 Å². The fourth-order valence-corrected chi connectivity index (χ4v) is 2.63. The van der Waals surface area contributed by atoms with Crippen molar-refractivity contribution in [2.24, 2.45) is 16.0 Å². The summed E-state index contributed by atoms with van der Waals surface area (Å²) in [5, 5.41) is 6.84.